The summed E-state index contributed by atoms with van der Waals surface area (Å²) in [5, 5.41) is 0. The first kappa shape index (κ1) is 22.7. The first-order chi connectivity index (χ1) is 14.0. The van der Waals surface area contributed by atoms with E-state index in [0.717, 1.165) is 9.47 Å². The Morgan fingerprint density at radius 3 is 2.60 bits per heavy atom. The van der Waals surface area contributed by atoms with E-state index in [0.29, 0.717) is 19.8 Å². The Morgan fingerprint density at radius 2 is 1.97 bits per heavy atom. The Bertz CT molecular complexity index is 797. The van der Waals surface area contributed by atoms with E-state index in [1.165, 1.54) is 6.07 Å². The highest BCUT2D eigenvalue weighted by molar-refractivity contribution is 5.47. The number of hydrogen-bond acceptors (Lipinski definition) is 6. The summed E-state index contributed by atoms with van der Waals surface area (Å²) < 4.78 is 88.6. The normalized spacial score (nSPS) is 22.9. The number of alkyl halides is 6. The molecule has 2 aliphatic heterocycles. The molecule has 170 valence electrons. The van der Waals surface area contributed by atoms with E-state index >= 15 is 0 Å². The SMILES string of the molecule is C[C@@H]1COCCN1c1cc(=O)n2c(n1)N(CCOCC(F)(F)F)[C@H](C(F)(F)F)CC2. The van der Waals surface area contributed by atoms with Crippen LogP contribution in [0.2, 0.25) is 0 Å². The molecule has 0 aliphatic carbocycles. The molecule has 0 amide bonds. The molecule has 3 rings (SSSR count). The molecule has 1 aromatic heterocycles. The average Bonchev–Trinajstić information content (AvgIpc) is 2.63. The van der Waals surface area contributed by atoms with E-state index in [1.807, 2.05) is 6.92 Å². The van der Waals surface area contributed by atoms with Crippen LogP contribution in [-0.4, -0.2) is 73.5 Å². The fourth-order valence-electron chi connectivity index (χ4n) is 3.62. The first-order valence-electron chi connectivity index (χ1n) is 9.41. The van der Waals surface area contributed by atoms with Crippen LogP contribution in [0, 0.1) is 0 Å². The molecular formula is C17H22F6N4O3. The third-order valence-corrected chi connectivity index (χ3v) is 5.02. The quantitative estimate of drug-likeness (QED) is 0.513. The molecule has 1 fully saturated rings. The van der Waals surface area contributed by atoms with Gasteiger partial charge in [0.2, 0.25) is 5.95 Å². The summed E-state index contributed by atoms with van der Waals surface area (Å²) in [6.07, 6.45) is -9.64. The van der Waals surface area contributed by atoms with E-state index in [1.54, 1.807) is 4.90 Å². The van der Waals surface area contributed by atoms with Gasteiger partial charge in [0.15, 0.2) is 0 Å². The largest absolute Gasteiger partial charge is 0.411 e. The molecule has 1 aromatic rings. The van der Waals surface area contributed by atoms with Gasteiger partial charge in [0.1, 0.15) is 18.5 Å². The molecule has 30 heavy (non-hydrogen) atoms. The van der Waals surface area contributed by atoms with Crippen molar-refractivity contribution in [3.63, 3.8) is 0 Å². The van der Waals surface area contributed by atoms with Crippen LogP contribution >= 0.6 is 0 Å². The highest BCUT2D eigenvalue weighted by Gasteiger charge is 2.47. The zero-order chi connectivity index (χ0) is 22.1. The van der Waals surface area contributed by atoms with Crippen LogP contribution in [0.4, 0.5) is 38.1 Å². The lowest BCUT2D eigenvalue weighted by atomic mass is 10.1. The van der Waals surface area contributed by atoms with Gasteiger partial charge in [-0.25, -0.2) is 0 Å². The van der Waals surface area contributed by atoms with Gasteiger partial charge in [0.05, 0.1) is 25.9 Å². The topological polar surface area (TPSA) is 59.8 Å². The Hall–Kier alpha value is -2.02. The summed E-state index contributed by atoms with van der Waals surface area (Å²) in [4.78, 5) is 19.5. The van der Waals surface area contributed by atoms with Crippen molar-refractivity contribution in [1.29, 1.82) is 0 Å². The van der Waals surface area contributed by atoms with Gasteiger partial charge in [-0.05, 0) is 13.3 Å². The van der Waals surface area contributed by atoms with Gasteiger partial charge in [-0.3, -0.25) is 9.36 Å². The Labute approximate surface area is 168 Å². The number of halogens is 6. The number of nitrogens with zero attached hydrogens (tertiary/aromatic N) is 4. The van der Waals surface area contributed by atoms with Gasteiger partial charge in [-0.2, -0.15) is 31.3 Å². The van der Waals surface area contributed by atoms with E-state index in [9.17, 15) is 31.1 Å². The molecule has 0 N–H and O–H groups in total. The maximum Gasteiger partial charge on any atom is 0.411 e. The Balaban J connectivity index is 1.91. The lowest BCUT2D eigenvalue weighted by Gasteiger charge is -2.40. The summed E-state index contributed by atoms with van der Waals surface area (Å²) in [6.45, 7) is 0.154. The van der Waals surface area contributed by atoms with E-state index < -0.39 is 50.1 Å². The summed E-state index contributed by atoms with van der Waals surface area (Å²) in [7, 11) is 0. The summed E-state index contributed by atoms with van der Waals surface area (Å²) in [5.41, 5.74) is -0.518. The second-order valence-electron chi connectivity index (χ2n) is 7.23. The zero-order valence-corrected chi connectivity index (χ0v) is 16.2. The van der Waals surface area contributed by atoms with Crippen molar-refractivity contribution in [2.75, 3.05) is 49.3 Å². The number of hydrogen-bond donors (Lipinski definition) is 0. The smallest absolute Gasteiger partial charge is 0.377 e. The average molecular weight is 444 g/mol. The van der Waals surface area contributed by atoms with Crippen molar-refractivity contribution in [3.8, 4) is 0 Å². The lowest BCUT2D eigenvalue weighted by molar-refractivity contribution is -0.174. The van der Waals surface area contributed by atoms with Gasteiger partial charge < -0.3 is 19.3 Å². The molecule has 1 saturated heterocycles. The van der Waals surface area contributed by atoms with Crippen molar-refractivity contribution in [3.05, 3.63) is 16.4 Å². The number of morpholine rings is 1. The van der Waals surface area contributed by atoms with Crippen molar-refractivity contribution in [2.24, 2.45) is 0 Å². The number of anilines is 2. The summed E-state index contributed by atoms with van der Waals surface area (Å²) >= 11 is 0. The second-order valence-corrected chi connectivity index (χ2v) is 7.23. The third-order valence-electron chi connectivity index (χ3n) is 5.02. The Morgan fingerprint density at radius 1 is 1.23 bits per heavy atom. The molecule has 2 aliphatic rings. The lowest BCUT2D eigenvalue weighted by Crippen LogP contribution is -2.54. The number of ether oxygens (including phenoxy) is 2. The molecule has 0 aromatic carbocycles. The molecule has 0 radical (unpaired) electrons. The highest BCUT2D eigenvalue weighted by atomic mass is 19.4. The van der Waals surface area contributed by atoms with Crippen molar-refractivity contribution in [1.82, 2.24) is 9.55 Å². The van der Waals surface area contributed by atoms with Gasteiger partial charge in [0.25, 0.3) is 5.56 Å². The van der Waals surface area contributed by atoms with Crippen LogP contribution in [-0.2, 0) is 16.0 Å². The first-order valence-corrected chi connectivity index (χ1v) is 9.41. The number of fused-ring (bicyclic) bond motifs is 1. The maximum absolute atomic E-state index is 13.6. The molecule has 0 bridgehead atoms. The van der Waals surface area contributed by atoms with Crippen molar-refractivity contribution >= 4 is 11.8 Å². The molecule has 3 heterocycles. The zero-order valence-electron chi connectivity index (χ0n) is 16.2. The molecule has 0 unspecified atom stereocenters. The van der Waals surface area contributed by atoms with Crippen molar-refractivity contribution < 1.29 is 35.8 Å². The van der Waals surface area contributed by atoms with Crippen LogP contribution in [0.15, 0.2) is 10.9 Å². The molecule has 7 nitrogen and oxygen atoms in total. The van der Waals surface area contributed by atoms with Gasteiger partial charge in [-0.1, -0.05) is 0 Å². The van der Waals surface area contributed by atoms with Crippen molar-refractivity contribution in [2.45, 2.75) is 44.3 Å². The predicted octanol–water partition coefficient (Wildman–Crippen LogP) is 2.19. The Kier molecular flexibility index (Phi) is 6.51. The predicted molar refractivity (Wildman–Crippen MR) is 94.8 cm³/mol. The van der Waals surface area contributed by atoms with Gasteiger partial charge in [0, 0.05) is 25.7 Å². The number of rotatable bonds is 5. The monoisotopic (exact) mass is 444 g/mol. The summed E-state index contributed by atoms with van der Waals surface area (Å²) in [6, 6.07) is -0.854. The minimum atomic E-state index is -4.64. The highest BCUT2D eigenvalue weighted by Crippen LogP contribution is 2.34. The number of aromatic nitrogens is 2. The van der Waals surface area contributed by atoms with Crippen LogP contribution in [0.25, 0.3) is 0 Å². The minimum Gasteiger partial charge on any atom is -0.377 e. The fraction of sp³-hybridized carbons (Fsp3) is 0.765. The summed E-state index contributed by atoms with van der Waals surface area (Å²) in [5.74, 6) is -0.00791. The fourth-order valence-corrected chi connectivity index (χ4v) is 3.62. The minimum absolute atomic E-state index is 0.140. The molecule has 2 atom stereocenters. The van der Waals surface area contributed by atoms with E-state index in [-0.39, 0.29) is 24.4 Å². The molecule has 0 saturated carbocycles. The van der Waals surface area contributed by atoms with Crippen LogP contribution in [0.5, 0.6) is 0 Å². The van der Waals surface area contributed by atoms with Gasteiger partial charge >= 0.3 is 12.4 Å². The van der Waals surface area contributed by atoms with Crippen LogP contribution < -0.4 is 15.4 Å². The molecular weight excluding hydrogens is 422 g/mol. The van der Waals surface area contributed by atoms with E-state index in [4.69, 9.17) is 4.74 Å². The molecule has 13 heteroatoms. The standard InChI is InChI=1S/C17H22F6N4O3/c1-11-9-29-6-4-25(11)13-8-14(28)27-3-2-12(17(21,22)23)26(15(27)24-13)5-7-30-10-16(18,19)20/h8,11-12H,2-7,9-10H2,1H3/t11-,12+/m1/s1. The molecule has 0 spiro atoms. The van der Waals surface area contributed by atoms with Crippen LogP contribution in [0.1, 0.15) is 13.3 Å². The maximum atomic E-state index is 13.6. The second kappa shape index (κ2) is 8.61. The van der Waals surface area contributed by atoms with Crippen LogP contribution in [0.3, 0.4) is 0 Å². The van der Waals surface area contributed by atoms with E-state index in [2.05, 4.69) is 9.72 Å². The van der Waals surface area contributed by atoms with Gasteiger partial charge in [-0.15, -0.1) is 0 Å². The third kappa shape index (κ3) is 5.17.